The molecule has 0 N–H and O–H groups in total. The Hall–Kier alpha value is -2.64. The molecule has 28 heavy (non-hydrogen) atoms. The number of rotatable bonds is 1. The van der Waals surface area contributed by atoms with Crippen LogP contribution in [-0.2, 0) is 19.7 Å². The van der Waals surface area contributed by atoms with Gasteiger partial charge in [0.05, 0.1) is 23.8 Å². The van der Waals surface area contributed by atoms with Crippen LogP contribution in [-0.4, -0.2) is 55.7 Å². The molecule has 0 atom stereocenters. The van der Waals surface area contributed by atoms with E-state index in [9.17, 15) is 14.4 Å². The smallest absolute Gasteiger partial charge is 0.410 e. The lowest BCUT2D eigenvalue weighted by Gasteiger charge is -2.38. The second-order valence-corrected chi connectivity index (χ2v) is 8.26. The molecule has 0 unspecified atom stereocenters. The largest absolute Gasteiger partial charge is 0.465 e. The molecule has 152 valence electrons. The zero-order valence-corrected chi connectivity index (χ0v) is 16.8. The van der Waals surface area contributed by atoms with Crippen molar-refractivity contribution in [2.75, 3.05) is 32.1 Å². The van der Waals surface area contributed by atoms with Gasteiger partial charge in [0, 0.05) is 25.7 Å². The number of halogens is 1. The molecule has 2 amide bonds. The Morgan fingerprint density at radius 2 is 1.79 bits per heavy atom. The molecular weight excluding hydrogens is 367 g/mol. The van der Waals surface area contributed by atoms with Crippen molar-refractivity contribution in [2.45, 2.75) is 44.6 Å². The standard InChI is InChI=1S/C20H25FN2O5/c1-19(2,3)28-18(26)23-8-6-20(7-9-23)15-13(21)10-12(16(24)27-5)11-14(15)22(4)17(20)25/h10-11H,6-9H2,1-5H3. The SMILES string of the molecule is COC(=O)c1cc(F)c2c(c1)N(C)C(=O)C21CCN(C(=O)OC(C)(C)C)CC1. The molecule has 0 bridgehead atoms. The molecule has 1 aromatic carbocycles. The summed E-state index contributed by atoms with van der Waals surface area (Å²) in [5.41, 5.74) is -0.936. The number of nitrogens with zero attached hydrogens (tertiary/aromatic N) is 2. The minimum Gasteiger partial charge on any atom is -0.465 e. The summed E-state index contributed by atoms with van der Waals surface area (Å²) in [5.74, 6) is -1.50. The highest BCUT2D eigenvalue weighted by Crippen LogP contribution is 2.49. The zero-order chi connectivity index (χ0) is 20.9. The minimum atomic E-state index is -1.04. The lowest BCUT2D eigenvalue weighted by Crippen LogP contribution is -2.50. The number of fused-ring (bicyclic) bond motifs is 2. The van der Waals surface area contributed by atoms with Gasteiger partial charge in [-0.25, -0.2) is 14.0 Å². The van der Waals surface area contributed by atoms with E-state index in [4.69, 9.17) is 4.74 Å². The van der Waals surface area contributed by atoms with E-state index in [0.717, 1.165) is 6.07 Å². The van der Waals surface area contributed by atoms with Crippen LogP contribution in [0.4, 0.5) is 14.9 Å². The second-order valence-electron chi connectivity index (χ2n) is 8.26. The highest BCUT2D eigenvalue weighted by molar-refractivity contribution is 6.09. The minimum absolute atomic E-state index is 0.0571. The first-order valence-electron chi connectivity index (χ1n) is 9.18. The van der Waals surface area contributed by atoms with Crippen molar-refractivity contribution >= 4 is 23.7 Å². The molecule has 8 heteroatoms. The van der Waals surface area contributed by atoms with Gasteiger partial charge in [0.15, 0.2) is 0 Å². The number of ether oxygens (including phenoxy) is 2. The molecule has 1 fully saturated rings. The van der Waals surface area contributed by atoms with Gasteiger partial charge in [-0.15, -0.1) is 0 Å². The lowest BCUT2D eigenvalue weighted by molar-refractivity contribution is -0.124. The molecule has 0 saturated carbocycles. The number of piperidine rings is 1. The van der Waals surface area contributed by atoms with Crippen molar-refractivity contribution in [1.82, 2.24) is 4.90 Å². The average Bonchev–Trinajstić information content (AvgIpc) is 2.83. The van der Waals surface area contributed by atoms with Gasteiger partial charge in [0.2, 0.25) is 5.91 Å². The number of anilines is 1. The number of likely N-dealkylation sites (N-methyl/N-ethyl adjacent to an activating group) is 1. The van der Waals surface area contributed by atoms with E-state index in [1.807, 2.05) is 0 Å². The van der Waals surface area contributed by atoms with E-state index in [1.165, 1.54) is 18.1 Å². The number of hydrogen-bond donors (Lipinski definition) is 0. The van der Waals surface area contributed by atoms with Gasteiger partial charge in [-0.1, -0.05) is 0 Å². The number of esters is 1. The molecule has 0 aliphatic carbocycles. The number of hydrogen-bond acceptors (Lipinski definition) is 5. The first-order valence-corrected chi connectivity index (χ1v) is 9.18. The fraction of sp³-hybridized carbons (Fsp3) is 0.550. The van der Waals surface area contributed by atoms with Gasteiger partial charge < -0.3 is 19.3 Å². The van der Waals surface area contributed by atoms with Gasteiger partial charge >= 0.3 is 12.1 Å². The van der Waals surface area contributed by atoms with Gasteiger partial charge in [-0.05, 0) is 45.7 Å². The fourth-order valence-corrected chi connectivity index (χ4v) is 3.96. The second kappa shape index (κ2) is 6.76. The predicted octanol–water partition coefficient (Wildman–Crippen LogP) is 2.86. The van der Waals surface area contributed by atoms with Crippen LogP contribution in [0.3, 0.4) is 0 Å². The fourth-order valence-electron chi connectivity index (χ4n) is 3.96. The van der Waals surface area contributed by atoms with E-state index >= 15 is 4.39 Å². The van der Waals surface area contributed by atoms with E-state index in [2.05, 4.69) is 4.74 Å². The number of carbonyl (C=O) groups excluding carboxylic acids is 3. The highest BCUT2D eigenvalue weighted by Gasteiger charge is 2.53. The van der Waals surface area contributed by atoms with Crippen molar-refractivity contribution in [2.24, 2.45) is 0 Å². The van der Waals surface area contributed by atoms with Crippen LogP contribution >= 0.6 is 0 Å². The van der Waals surface area contributed by atoms with E-state index in [0.29, 0.717) is 5.69 Å². The van der Waals surface area contributed by atoms with Crippen LogP contribution in [0.15, 0.2) is 12.1 Å². The van der Waals surface area contributed by atoms with Crippen LogP contribution in [0.25, 0.3) is 0 Å². The normalized spacial score (nSPS) is 18.3. The van der Waals surface area contributed by atoms with Gasteiger partial charge in [-0.2, -0.15) is 0 Å². The Balaban J connectivity index is 1.90. The maximum Gasteiger partial charge on any atom is 0.410 e. The topological polar surface area (TPSA) is 76.2 Å². The Kier molecular flexibility index (Phi) is 4.85. The molecule has 1 spiro atoms. The third-order valence-corrected chi connectivity index (χ3v) is 5.31. The van der Waals surface area contributed by atoms with Crippen molar-refractivity contribution in [3.63, 3.8) is 0 Å². The summed E-state index contributed by atoms with van der Waals surface area (Å²) in [6.07, 6.45) is 0.135. The van der Waals surface area contributed by atoms with E-state index in [-0.39, 0.29) is 43.0 Å². The maximum atomic E-state index is 15.0. The van der Waals surface area contributed by atoms with Crippen molar-refractivity contribution in [1.29, 1.82) is 0 Å². The predicted molar refractivity (Wildman–Crippen MR) is 99.9 cm³/mol. The Labute approximate surface area is 163 Å². The van der Waals surface area contributed by atoms with Crippen LogP contribution in [0.1, 0.15) is 49.5 Å². The Morgan fingerprint density at radius 3 is 2.32 bits per heavy atom. The molecule has 2 aliphatic heterocycles. The number of amides is 2. The van der Waals surface area contributed by atoms with Crippen LogP contribution < -0.4 is 4.90 Å². The quantitative estimate of drug-likeness (QED) is 0.687. The van der Waals surface area contributed by atoms with E-state index in [1.54, 1.807) is 32.7 Å². The molecule has 0 aromatic heterocycles. The zero-order valence-electron chi connectivity index (χ0n) is 16.8. The van der Waals surface area contributed by atoms with Gasteiger partial charge in [0.1, 0.15) is 11.4 Å². The first kappa shape index (κ1) is 20.1. The maximum absolute atomic E-state index is 15.0. The van der Waals surface area contributed by atoms with E-state index < -0.39 is 28.9 Å². The summed E-state index contributed by atoms with van der Waals surface area (Å²) in [6.45, 7) is 5.93. The van der Waals surface area contributed by atoms with Crippen molar-refractivity contribution in [3.05, 3.63) is 29.1 Å². The highest BCUT2D eigenvalue weighted by atomic mass is 19.1. The summed E-state index contributed by atoms with van der Waals surface area (Å²) >= 11 is 0. The molecule has 0 radical (unpaired) electrons. The van der Waals surface area contributed by atoms with Crippen molar-refractivity contribution < 1.29 is 28.2 Å². The van der Waals surface area contributed by atoms with Crippen molar-refractivity contribution in [3.8, 4) is 0 Å². The lowest BCUT2D eigenvalue weighted by atomic mass is 9.73. The average molecular weight is 392 g/mol. The summed E-state index contributed by atoms with van der Waals surface area (Å²) < 4.78 is 25.1. The number of carbonyl (C=O) groups is 3. The van der Waals surface area contributed by atoms with Crippen LogP contribution in [0.2, 0.25) is 0 Å². The van der Waals surface area contributed by atoms with Crippen LogP contribution in [0.5, 0.6) is 0 Å². The van der Waals surface area contributed by atoms with Crippen LogP contribution in [0, 0.1) is 5.82 Å². The molecule has 1 aromatic rings. The monoisotopic (exact) mass is 392 g/mol. The molecule has 7 nitrogen and oxygen atoms in total. The molecule has 3 rings (SSSR count). The molecule has 2 aliphatic rings. The third-order valence-electron chi connectivity index (χ3n) is 5.31. The summed E-state index contributed by atoms with van der Waals surface area (Å²) in [5, 5.41) is 0. The Bertz CT molecular complexity index is 838. The number of benzene rings is 1. The molecule has 2 heterocycles. The summed E-state index contributed by atoms with van der Waals surface area (Å²) in [6, 6.07) is 2.59. The van der Waals surface area contributed by atoms with Gasteiger partial charge in [-0.3, -0.25) is 4.79 Å². The molecular formula is C20H25FN2O5. The third kappa shape index (κ3) is 3.21. The number of methoxy groups -OCH3 is 1. The number of likely N-dealkylation sites (tertiary alicyclic amines) is 1. The Morgan fingerprint density at radius 1 is 1.18 bits per heavy atom. The first-order chi connectivity index (χ1) is 13.0. The summed E-state index contributed by atoms with van der Waals surface area (Å²) in [7, 11) is 2.78. The molecule has 1 saturated heterocycles. The van der Waals surface area contributed by atoms with Gasteiger partial charge in [0.25, 0.3) is 0 Å². The summed E-state index contributed by atoms with van der Waals surface area (Å²) in [4.78, 5) is 40.1.